The monoisotopic (exact) mass is 279 g/mol. The van der Waals surface area contributed by atoms with Gasteiger partial charge in [-0.1, -0.05) is 12.1 Å². The third-order valence-corrected chi connectivity index (χ3v) is 3.89. The molecule has 1 aromatic carbocycles. The van der Waals surface area contributed by atoms with Crippen molar-refractivity contribution in [2.75, 3.05) is 23.9 Å². The van der Waals surface area contributed by atoms with Crippen molar-refractivity contribution in [1.29, 1.82) is 0 Å². The number of halogens is 1. The smallest absolute Gasteiger partial charge is 0.206 e. The average Bonchev–Trinajstić information content (AvgIpc) is 2.76. The predicted molar refractivity (Wildman–Crippen MR) is 78.0 cm³/mol. The molecule has 2 aromatic rings. The number of anilines is 1. The van der Waals surface area contributed by atoms with Gasteiger partial charge in [-0.25, -0.2) is 4.98 Å². The molecule has 1 aromatic heterocycles. The van der Waals surface area contributed by atoms with E-state index in [-0.39, 0.29) is 12.2 Å². The van der Waals surface area contributed by atoms with E-state index in [2.05, 4.69) is 29.5 Å². The number of ether oxygens (including phenoxy) is 1. The third kappa shape index (κ3) is 2.30. The summed E-state index contributed by atoms with van der Waals surface area (Å²) in [6.45, 7) is 3.73. The number of morpholine rings is 1. The SMILES string of the molecule is CC1CN(c2nc3ccccc3n2C)CC(CCl)O1. The Balaban J connectivity index is 1.97. The van der Waals surface area contributed by atoms with Crippen LogP contribution >= 0.6 is 11.6 Å². The van der Waals surface area contributed by atoms with Crippen molar-refractivity contribution in [3.05, 3.63) is 24.3 Å². The number of nitrogens with zero attached hydrogens (tertiary/aromatic N) is 3. The van der Waals surface area contributed by atoms with E-state index in [9.17, 15) is 0 Å². The number of fused-ring (bicyclic) bond motifs is 1. The Labute approximate surface area is 117 Å². The normalized spacial score (nSPS) is 24.1. The molecule has 0 amide bonds. The maximum absolute atomic E-state index is 5.94. The molecule has 1 saturated heterocycles. The van der Waals surface area contributed by atoms with Gasteiger partial charge >= 0.3 is 0 Å². The number of hydrogen-bond acceptors (Lipinski definition) is 3. The lowest BCUT2D eigenvalue weighted by Crippen LogP contribution is -2.48. The maximum atomic E-state index is 5.94. The zero-order valence-electron chi connectivity index (χ0n) is 11.2. The standard InChI is InChI=1S/C14H18ClN3O/c1-10-8-18(9-11(7-15)19-10)14-16-12-5-3-4-6-13(12)17(14)2/h3-6,10-11H,7-9H2,1-2H3. The summed E-state index contributed by atoms with van der Waals surface area (Å²) in [5.41, 5.74) is 2.18. The minimum absolute atomic E-state index is 0.0743. The molecule has 3 rings (SSSR count). The molecule has 0 aliphatic carbocycles. The van der Waals surface area contributed by atoms with Crippen LogP contribution in [0.4, 0.5) is 5.95 Å². The highest BCUT2D eigenvalue weighted by molar-refractivity contribution is 6.18. The fourth-order valence-corrected chi connectivity index (χ4v) is 2.88. The summed E-state index contributed by atoms with van der Waals surface area (Å²) < 4.78 is 7.93. The third-order valence-electron chi connectivity index (χ3n) is 3.54. The van der Waals surface area contributed by atoms with Gasteiger partial charge in [-0.3, -0.25) is 0 Å². The lowest BCUT2D eigenvalue weighted by Gasteiger charge is -2.36. The molecule has 0 radical (unpaired) electrons. The highest BCUT2D eigenvalue weighted by atomic mass is 35.5. The Morgan fingerprint density at radius 3 is 2.89 bits per heavy atom. The van der Waals surface area contributed by atoms with Crippen molar-refractivity contribution in [3.63, 3.8) is 0 Å². The molecule has 2 unspecified atom stereocenters. The Morgan fingerprint density at radius 1 is 1.37 bits per heavy atom. The molecular weight excluding hydrogens is 262 g/mol. The molecular formula is C14H18ClN3O. The highest BCUT2D eigenvalue weighted by Crippen LogP contribution is 2.24. The Hall–Kier alpha value is -1.26. The van der Waals surface area contributed by atoms with Gasteiger partial charge in [-0.15, -0.1) is 11.6 Å². The van der Waals surface area contributed by atoms with E-state index < -0.39 is 0 Å². The lowest BCUT2D eigenvalue weighted by atomic mass is 10.2. The quantitative estimate of drug-likeness (QED) is 0.791. The van der Waals surface area contributed by atoms with Gasteiger partial charge in [-0.05, 0) is 19.1 Å². The zero-order valence-corrected chi connectivity index (χ0v) is 12.0. The van der Waals surface area contributed by atoms with Crippen LogP contribution in [0.25, 0.3) is 11.0 Å². The van der Waals surface area contributed by atoms with Crippen molar-refractivity contribution in [1.82, 2.24) is 9.55 Å². The molecule has 0 bridgehead atoms. The minimum atomic E-state index is 0.0743. The van der Waals surface area contributed by atoms with E-state index in [0.29, 0.717) is 5.88 Å². The number of aryl methyl sites for hydroxylation is 1. The molecule has 1 aliphatic rings. The van der Waals surface area contributed by atoms with Gasteiger partial charge in [0, 0.05) is 20.1 Å². The van der Waals surface area contributed by atoms with Gasteiger partial charge in [0.15, 0.2) is 0 Å². The van der Waals surface area contributed by atoms with Crippen LogP contribution in [0.5, 0.6) is 0 Å². The second-order valence-electron chi connectivity index (χ2n) is 5.09. The van der Waals surface area contributed by atoms with Crippen LogP contribution in [-0.4, -0.2) is 40.7 Å². The van der Waals surface area contributed by atoms with Gasteiger partial charge in [0.2, 0.25) is 5.95 Å². The molecule has 19 heavy (non-hydrogen) atoms. The van der Waals surface area contributed by atoms with E-state index in [1.54, 1.807) is 0 Å². The summed E-state index contributed by atoms with van der Waals surface area (Å²) in [5.74, 6) is 1.51. The van der Waals surface area contributed by atoms with Crippen LogP contribution in [0, 0.1) is 0 Å². The second-order valence-corrected chi connectivity index (χ2v) is 5.40. The number of hydrogen-bond donors (Lipinski definition) is 0. The Kier molecular flexibility index (Phi) is 3.37. The number of imidazole rings is 1. The second kappa shape index (κ2) is 5.02. The number of benzene rings is 1. The van der Waals surface area contributed by atoms with Crippen molar-refractivity contribution >= 4 is 28.6 Å². The molecule has 102 valence electrons. The van der Waals surface area contributed by atoms with Gasteiger partial charge in [0.05, 0.1) is 29.1 Å². The first-order valence-corrected chi connectivity index (χ1v) is 7.10. The van der Waals surface area contributed by atoms with Crippen molar-refractivity contribution in [2.24, 2.45) is 7.05 Å². The topological polar surface area (TPSA) is 30.3 Å². The van der Waals surface area contributed by atoms with Crippen LogP contribution in [0.2, 0.25) is 0 Å². The summed E-state index contributed by atoms with van der Waals surface area (Å²) >= 11 is 5.94. The fourth-order valence-electron chi connectivity index (χ4n) is 2.71. The van der Waals surface area contributed by atoms with E-state index in [1.165, 1.54) is 0 Å². The predicted octanol–water partition coefficient (Wildman–Crippen LogP) is 2.41. The Morgan fingerprint density at radius 2 is 2.16 bits per heavy atom. The summed E-state index contributed by atoms with van der Waals surface area (Å²) in [6.07, 6.45) is 0.252. The van der Waals surface area contributed by atoms with E-state index in [0.717, 1.165) is 30.1 Å². The molecule has 0 saturated carbocycles. The van der Waals surface area contributed by atoms with Gasteiger partial charge in [0.1, 0.15) is 0 Å². The summed E-state index contributed by atoms with van der Waals surface area (Å²) in [7, 11) is 2.06. The largest absolute Gasteiger partial charge is 0.370 e. The molecule has 4 nitrogen and oxygen atoms in total. The van der Waals surface area contributed by atoms with Crippen LogP contribution in [0.1, 0.15) is 6.92 Å². The molecule has 0 spiro atoms. The maximum Gasteiger partial charge on any atom is 0.206 e. The average molecular weight is 280 g/mol. The van der Waals surface area contributed by atoms with Crippen molar-refractivity contribution < 1.29 is 4.74 Å². The minimum Gasteiger partial charge on any atom is -0.370 e. The number of para-hydroxylation sites is 2. The Bertz CT molecular complexity index is 583. The fraction of sp³-hybridized carbons (Fsp3) is 0.500. The van der Waals surface area contributed by atoms with E-state index in [4.69, 9.17) is 21.3 Å². The van der Waals surface area contributed by atoms with Gasteiger partial charge < -0.3 is 14.2 Å². The molecule has 5 heteroatoms. The van der Waals surface area contributed by atoms with Crippen molar-refractivity contribution in [3.8, 4) is 0 Å². The van der Waals surface area contributed by atoms with Gasteiger partial charge in [-0.2, -0.15) is 0 Å². The summed E-state index contributed by atoms with van der Waals surface area (Å²) in [4.78, 5) is 6.99. The van der Waals surface area contributed by atoms with Crippen LogP contribution in [0.3, 0.4) is 0 Å². The highest BCUT2D eigenvalue weighted by Gasteiger charge is 2.27. The number of rotatable bonds is 2. The number of alkyl halides is 1. The van der Waals surface area contributed by atoms with E-state index in [1.807, 2.05) is 18.2 Å². The van der Waals surface area contributed by atoms with Gasteiger partial charge in [0.25, 0.3) is 0 Å². The first kappa shape index (κ1) is 12.8. The van der Waals surface area contributed by atoms with Crippen LogP contribution in [0.15, 0.2) is 24.3 Å². The number of aromatic nitrogens is 2. The molecule has 2 atom stereocenters. The summed E-state index contributed by atoms with van der Waals surface area (Å²) in [6, 6.07) is 8.19. The molecule has 1 aliphatic heterocycles. The lowest BCUT2D eigenvalue weighted by molar-refractivity contribution is -0.00394. The van der Waals surface area contributed by atoms with Crippen molar-refractivity contribution in [2.45, 2.75) is 19.1 Å². The van der Waals surface area contributed by atoms with E-state index >= 15 is 0 Å². The van der Waals surface area contributed by atoms with Crippen LogP contribution in [-0.2, 0) is 11.8 Å². The molecule has 2 heterocycles. The molecule has 1 fully saturated rings. The first-order chi connectivity index (χ1) is 9.19. The molecule has 0 N–H and O–H groups in total. The van der Waals surface area contributed by atoms with Crippen LogP contribution < -0.4 is 4.90 Å². The first-order valence-electron chi connectivity index (χ1n) is 6.57. The summed E-state index contributed by atoms with van der Waals surface area (Å²) in [5, 5.41) is 0. The zero-order chi connectivity index (χ0) is 13.4.